The lowest BCUT2D eigenvalue weighted by atomic mass is 10.0. The molecule has 0 saturated carbocycles. The Kier molecular flexibility index (Phi) is 4.52. The highest BCUT2D eigenvalue weighted by atomic mass is 19.4. The first kappa shape index (κ1) is 17.7. The highest BCUT2D eigenvalue weighted by molar-refractivity contribution is 5.79. The molecular formula is C20H12F3N5. The molecule has 0 fully saturated rings. The summed E-state index contributed by atoms with van der Waals surface area (Å²) in [5, 5.41) is 0. The van der Waals surface area contributed by atoms with Crippen molar-refractivity contribution in [2.24, 2.45) is 0 Å². The standard InChI is InChI=1S/C20H12F3N5/c21-20(22,23)14-6-4-13(5-7-14)18-15(17-12-24-9-10-26-17)11-27-19(28-18)16-3-1-2-8-25-16/h1-12H. The van der Waals surface area contributed by atoms with Crippen molar-refractivity contribution in [1.29, 1.82) is 0 Å². The molecule has 3 aromatic heterocycles. The second kappa shape index (κ2) is 7.15. The van der Waals surface area contributed by atoms with Crippen molar-refractivity contribution >= 4 is 0 Å². The van der Waals surface area contributed by atoms with Crippen molar-refractivity contribution in [2.45, 2.75) is 6.18 Å². The van der Waals surface area contributed by atoms with E-state index in [0.717, 1.165) is 12.1 Å². The number of nitrogens with zero attached hydrogens (tertiary/aromatic N) is 5. The largest absolute Gasteiger partial charge is 0.416 e. The molecule has 0 aliphatic heterocycles. The molecular weight excluding hydrogens is 367 g/mol. The van der Waals surface area contributed by atoms with Crippen LogP contribution in [0.3, 0.4) is 0 Å². The molecule has 0 saturated heterocycles. The molecule has 0 atom stereocenters. The SMILES string of the molecule is FC(F)(F)c1ccc(-c2nc(-c3ccccn3)ncc2-c2cnccn2)cc1. The van der Waals surface area contributed by atoms with Gasteiger partial charge in [0.05, 0.1) is 23.1 Å². The number of alkyl halides is 3. The van der Waals surface area contributed by atoms with Gasteiger partial charge >= 0.3 is 6.18 Å². The summed E-state index contributed by atoms with van der Waals surface area (Å²) >= 11 is 0. The van der Waals surface area contributed by atoms with Crippen LogP contribution in [0.15, 0.2) is 73.4 Å². The molecule has 0 radical (unpaired) electrons. The van der Waals surface area contributed by atoms with E-state index in [-0.39, 0.29) is 0 Å². The lowest BCUT2D eigenvalue weighted by molar-refractivity contribution is -0.137. The monoisotopic (exact) mass is 379 g/mol. The van der Waals surface area contributed by atoms with Crippen LogP contribution in [0.4, 0.5) is 13.2 Å². The van der Waals surface area contributed by atoms with Crippen LogP contribution in [0.1, 0.15) is 5.56 Å². The van der Waals surface area contributed by atoms with Crippen LogP contribution in [0.5, 0.6) is 0 Å². The van der Waals surface area contributed by atoms with E-state index in [2.05, 4.69) is 24.9 Å². The van der Waals surface area contributed by atoms with E-state index < -0.39 is 11.7 Å². The summed E-state index contributed by atoms with van der Waals surface area (Å²) in [7, 11) is 0. The average molecular weight is 379 g/mol. The van der Waals surface area contributed by atoms with Gasteiger partial charge in [0.1, 0.15) is 5.69 Å². The van der Waals surface area contributed by atoms with E-state index >= 15 is 0 Å². The van der Waals surface area contributed by atoms with E-state index in [1.54, 1.807) is 36.8 Å². The number of pyridine rings is 1. The minimum atomic E-state index is -4.41. The van der Waals surface area contributed by atoms with Gasteiger partial charge in [0.2, 0.25) is 0 Å². The molecule has 4 rings (SSSR count). The lowest BCUT2D eigenvalue weighted by Gasteiger charge is -2.11. The number of rotatable bonds is 3. The Labute approximate surface area is 158 Å². The summed E-state index contributed by atoms with van der Waals surface area (Å²) in [6.45, 7) is 0. The zero-order valence-corrected chi connectivity index (χ0v) is 14.3. The molecule has 1 aromatic carbocycles. The number of hydrogen-bond donors (Lipinski definition) is 0. The lowest BCUT2D eigenvalue weighted by Crippen LogP contribution is -2.04. The Morgan fingerprint density at radius 2 is 1.50 bits per heavy atom. The highest BCUT2D eigenvalue weighted by Gasteiger charge is 2.30. The van der Waals surface area contributed by atoms with E-state index in [0.29, 0.717) is 34.0 Å². The topological polar surface area (TPSA) is 64.5 Å². The maximum atomic E-state index is 12.9. The Morgan fingerprint density at radius 3 is 2.14 bits per heavy atom. The molecule has 0 amide bonds. The van der Waals surface area contributed by atoms with E-state index in [9.17, 15) is 13.2 Å². The summed E-state index contributed by atoms with van der Waals surface area (Å²) in [6, 6.07) is 10.2. The fourth-order valence-electron chi connectivity index (χ4n) is 2.66. The molecule has 0 bridgehead atoms. The molecule has 5 nitrogen and oxygen atoms in total. The third kappa shape index (κ3) is 3.57. The second-order valence-corrected chi connectivity index (χ2v) is 5.84. The predicted molar refractivity (Wildman–Crippen MR) is 96.7 cm³/mol. The van der Waals surface area contributed by atoms with Crippen molar-refractivity contribution in [1.82, 2.24) is 24.9 Å². The van der Waals surface area contributed by atoms with E-state index in [1.807, 2.05) is 0 Å². The first-order chi connectivity index (χ1) is 13.5. The van der Waals surface area contributed by atoms with Crippen LogP contribution in [-0.4, -0.2) is 24.9 Å². The Morgan fingerprint density at radius 1 is 0.714 bits per heavy atom. The summed E-state index contributed by atoms with van der Waals surface area (Å²) in [6.07, 6.45) is 3.40. The van der Waals surface area contributed by atoms with Gasteiger partial charge in [-0.05, 0) is 24.3 Å². The fourth-order valence-corrected chi connectivity index (χ4v) is 2.66. The molecule has 0 N–H and O–H groups in total. The third-order valence-corrected chi connectivity index (χ3v) is 4.01. The first-order valence-corrected chi connectivity index (χ1v) is 8.25. The van der Waals surface area contributed by atoms with Crippen LogP contribution in [0.25, 0.3) is 34.0 Å². The van der Waals surface area contributed by atoms with Crippen LogP contribution in [0.2, 0.25) is 0 Å². The van der Waals surface area contributed by atoms with Crippen molar-refractivity contribution in [3.8, 4) is 34.0 Å². The Hall–Kier alpha value is -3.68. The van der Waals surface area contributed by atoms with Crippen LogP contribution < -0.4 is 0 Å². The maximum Gasteiger partial charge on any atom is 0.416 e. The Bertz CT molecular complexity index is 1080. The van der Waals surface area contributed by atoms with Crippen molar-refractivity contribution < 1.29 is 13.2 Å². The van der Waals surface area contributed by atoms with Gasteiger partial charge in [-0.3, -0.25) is 15.0 Å². The van der Waals surface area contributed by atoms with Crippen LogP contribution in [0, 0.1) is 0 Å². The molecule has 28 heavy (non-hydrogen) atoms. The molecule has 0 aliphatic rings. The van der Waals surface area contributed by atoms with Crippen molar-refractivity contribution in [3.63, 3.8) is 0 Å². The maximum absolute atomic E-state index is 12.9. The zero-order valence-electron chi connectivity index (χ0n) is 14.3. The van der Waals surface area contributed by atoms with Crippen molar-refractivity contribution in [3.05, 3.63) is 79.0 Å². The highest BCUT2D eigenvalue weighted by Crippen LogP contribution is 2.33. The predicted octanol–water partition coefficient (Wildman–Crippen LogP) is 4.68. The summed E-state index contributed by atoms with van der Waals surface area (Å²) in [5.41, 5.74) is 1.87. The number of aromatic nitrogens is 5. The summed E-state index contributed by atoms with van der Waals surface area (Å²) in [5.74, 6) is 0.364. The van der Waals surface area contributed by atoms with Gasteiger partial charge < -0.3 is 0 Å². The molecule has 8 heteroatoms. The molecule has 0 aliphatic carbocycles. The average Bonchev–Trinajstić information content (AvgIpc) is 2.74. The summed E-state index contributed by atoms with van der Waals surface area (Å²) in [4.78, 5) is 21.4. The van der Waals surface area contributed by atoms with Gasteiger partial charge in [-0.25, -0.2) is 9.97 Å². The van der Waals surface area contributed by atoms with Gasteiger partial charge in [-0.1, -0.05) is 18.2 Å². The van der Waals surface area contributed by atoms with E-state index in [4.69, 9.17) is 0 Å². The van der Waals surface area contributed by atoms with Gasteiger partial charge in [0.15, 0.2) is 5.82 Å². The number of halogens is 3. The van der Waals surface area contributed by atoms with Crippen molar-refractivity contribution in [2.75, 3.05) is 0 Å². The Balaban J connectivity index is 1.87. The third-order valence-electron chi connectivity index (χ3n) is 4.01. The molecule has 3 heterocycles. The number of hydrogen-bond acceptors (Lipinski definition) is 5. The van der Waals surface area contributed by atoms with Gasteiger partial charge in [0, 0.05) is 35.9 Å². The summed E-state index contributed by atoms with van der Waals surface area (Å²) < 4.78 is 38.7. The van der Waals surface area contributed by atoms with E-state index in [1.165, 1.54) is 24.5 Å². The quantitative estimate of drug-likeness (QED) is 0.517. The molecule has 4 aromatic rings. The molecule has 0 unspecified atom stereocenters. The second-order valence-electron chi connectivity index (χ2n) is 5.84. The van der Waals surface area contributed by atoms with Crippen LogP contribution >= 0.6 is 0 Å². The van der Waals surface area contributed by atoms with Gasteiger partial charge in [-0.15, -0.1) is 0 Å². The number of benzene rings is 1. The van der Waals surface area contributed by atoms with Crippen LogP contribution in [-0.2, 0) is 6.18 Å². The molecule has 138 valence electrons. The van der Waals surface area contributed by atoms with Gasteiger partial charge in [0.25, 0.3) is 0 Å². The zero-order chi connectivity index (χ0) is 19.6. The minimum Gasteiger partial charge on any atom is -0.261 e. The smallest absolute Gasteiger partial charge is 0.261 e. The fraction of sp³-hybridized carbons (Fsp3) is 0.0500. The molecule has 0 spiro atoms. The normalized spacial score (nSPS) is 11.4. The first-order valence-electron chi connectivity index (χ1n) is 8.25. The van der Waals surface area contributed by atoms with Gasteiger partial charge in [-0.2, -0.15) is 13.2 Å². The minimum absolute atomic E-state index is 0.364.